The second-order valence-corrected chi connectivity index (χ2v) is 8.61. The lowest BCUT2D eigenvalue weighted by Crippen LogP contribution is -2.14. The van der Waals surface area contributed by atoms with E-state index in [1.165, 1.54) is 37.4 Å². The average molecular weight is 355 g/mol. The van der Waals surface area contributed by atoms with Gasteiger partial charge in [-0.15, -0.1) is 0 Å². The number of benzene rings is 2. The summed E-state index contributed by atoms with van der Waals surface area (Å²) in [4.78, 5) is 0.160. The molecule has 2 aromatic rings. The lowest BCUT2D eigenvalue weighted by atomic mass is 10.3. The van der Waals surface area contributed by atoms with Crippen LogP contribution >= 0.6 is 0 Å². The first-order valence-corrected chi connectivity index (χ1v) is 9.92. The van der Waals surface area contributed by atoms with Gasteiger partial charge in [-0.1, -0.05) is 19.1 Å². The standard InChI is InChI=1S/C15H17NO5S2/c1-3-22(17,18)13-10-8-12(9-11-13)16-23(19,20)15-7-5-4-6-14(15)21-2/h4-11,16H,3H2,1-2H3. The molecule has 2 rings (SSSR count). The Morgan fingerprint density at radius 3 is 2.13 bits per heavy atom. The van der Waals surface area contributed by atoms with Crippen molar-refractivity contribution in [2.45, 2.75) is 16.7 Å². The minimum atomic E-state index is -3.83. The number of ether oxygens (including phenoxy) is 1. The molecule has 2 aromatic carbocycles. The molecule has 6 nitrogen and oxygen atoms in total. The van der Waals surface area contributed by atoms with Gasteiger partial charge >= 0.3 is 0 Å². The number of methoxy groups -OCH3 is 1. The normalized spacial score (nSPS) is 11.9. The fraction of sp³-hybridized carbons (Fsp3) is 0.200. The molecule has 0 aliphatic heterocycles. The maximum absolute atomic E-state index is 12.4. The molecule has 0 aliphatic rings. The van der Waals surface area contributed by atoms with E-state index in [-0.39, 0.29) is 27.0 Å². The van der Waals surface area contributed by atoms with Gasteiger partial charge in [-0.2, -0.15) is 0 Å². The fourth-order valence-electron chi connectivity index (χ4n) is 1.95. The Morgan fingerprint density at radius 1 is 0.957 bits per heavy atom. The summed E-state index contributed by atoms with van der Waals surface area (Å²) in [5, 5.41) is 0. The van der Waals surface area contributed by atoms with Crippen molar-refractivity contribution in [1.82, 2.24) is 0 Å². The van der Waals surface area contributed by atoms with Gasteiger partial charge in [-0.25, -0.2) is 16.8 Å². The minimum Gasteiger partial charge on any atom is -0.495 e. The van der Waals surface area contributed by atoms with E-state index < -0.39 is 19.9 Å². The summed E-state index contributed by atoms with van der Waals surface area (Å²) in [6.45, 7) is 1.55. The smallest absolute Gasteiger partial charge is 0.265 e. The van der Waals surface area contributed by atoms with Gasteiger partial charge < -0.3 is 4.74 Å². The van der Waals surface area contributed by atoms with Gasteiger partial charge in [-0.05, 0) is 36.4 Å². The number of sulfone groups is 1. The maximum atomic E-state index is 12.4. The molecule has 0 amide bonds. The molecule has 0 bridgehead atoms. The number of hydrogen-bond acceptors (Lipinski definition) is 5. The minimum absolute atomic E-state index is 0.00718. The van der Waals surface area contributed by atoms with Gasteiger partial charge in [0, 0.05) is 5.69 Å². The van der Waals surface area contributed by atoms with Crippen LogP contribution in [-0.2, 0) is 19.9 Å². The van der Waals surface area contributed by atoms with Crippen molar-refractivity contribution in [2.75, 3.05) is 17.6 Å². The van der Waals surface area contributed by atoms with Crippen LogP contribution in [0.1, 0.15) is 6.92 Å². The van der Waals surface area contributed by atoms with E-state index in [1.54, 1.807) is 25.1 Å². The summed E-state index contributed by atoms with van der Waals surface area (Å²) in [5.74, 6) is 0.212. The topological polar surface area (TPSA) is 89.5 Å². The van der Waals surface area contributed by atoms with E-state index >= 15 is 0 Å². The average Bonchev–Trinajstić information content (AvgIpc) is 2.55. The van der Waals surface area contributed by atoms with Crippen molar-refractivity contribution in [3.05, 3.63) is 48.5 Å². The molecule has 0 fully saturated rings. The number of hydrogen-bond donors (Lipinski definition) is 1. The van der Waals surface area contributed by atoms with Gasteiger partial charge in [0.15, 0.2) is 9.84 Å². The van der Waals surface area contributed by atoms with Gasteiger partial charge in [0.1, 0.15) is 10.6 Å². The van der Waals surface area contributed by atoms with E-state index in [1.807, 2.05) is 0 Å². The Balaban J connectivity index is 2.31. The summed E-state index contributed by atoms with van der Waals surface area (Å²) >= 11 is 0. The van der Waals surface area contributed by atoms with E-state index in [9.17, 15) is 16.8 Å². The molecule has 0 heterocycles. The van der Waals surface area contributed by atoms with Gasteiger partial charge in [0.25, 0.3) is 10.0 Å². The third kappa shape index (κ3) is 3.83. The largest absolute Gasteiger partial charge is 0.495 e. The number of anilines is 1. The van der Waals surface area contributed by atoms with Crippen LogP contribution in [0.2, 0.25) is 0 Å². The SMILES string of the molecule is CCS(=O)(=O)c1ccc(NS(=O)(=O)c2ccccc2OC)cc1. The Hall–Kier alpha value is -2.06. The monoisotopic (exact) mass is 355 g/mol. The highest BCUT2D eigenvalue weighted by molar-refractivity contribution is 7.93. The van der Waals surface area contributed by atoms with E-state index in [4.69, 9.17) is 4.74 Å². The van der Waals surface area contributed by atoms with Crippen molar-refractivity contribution in [3.8, 4) is 5.75 Å². The molecule has 0 atom stereocenters. The summed E-state index contributed by atoms with van der Waals surface area (Å²) in [7, 11) is -5.77. The highest BCUT2D eigenvalue weighted by Gasteiger charge is 2.19. The van der Waals surface area contributed by atoms with Crippen LogP contribution in [0.3, 0.4) is 0 Å². The summed E-state index contributed by atoms with van der Waals surface area (Å²) < 4.78 is 55.8. The molecule has 0 aromatic heterocycles. The molecule has 1 N–H and O–H groups in total. The molecule has 0 saturated heterocycles. The molecule has 0 aliphatic carbocycles. The fourth-order valence-corrected chi connectivity index (χ4v) is 4.06. The van der Waals surface area contributed by atoms with Crippen LogP contribution in [-0.4, -0.2) is 29.7 Å². The van der Waals surface area contributed by atoms with Crippen molar-refractivity contribution in [3.63, 3.8) is 0 Å². The predicted molar refractivity (Wildman–Crippen MR) is 88.0 cm³/mol. The molecule has 0 unspecified atom stereocenters. The lowest BCUT2D eigenvalue weighted by Gasteiger charge is -2.11. The molecular formula is C15H17NO5S2. The highest BCUT2D eigenvalue weighted by atomic mass is 32.2. The lowest BCUT2D eigenvalue weighted by molar-refractivity contribution is 0.403. The number of sulfonamides is 1. The Labute approximate surface area is 136 Å². The molecule has 23 heavy (non-hydrogen) atoms. The zero-order chi connectivity index (χ0) is 17.1. The van der Waals surface area contributed by atoms with Gasteiger partial charge in [0.05, 0.1) is 17.8 Å². The van der Waals surface area contributed by atoms with Crippen molar-refractivity contribution in [2.24, 2.45) is 0 Å². The first-order chi connectivity index (χ1) is 10.8. The van der Waals surface area contributed by atoms with Crippen molar-refractivity contribution >= 4 is 25.5 Å². The molecule has 0 radical (unpaired) electrons. The van der Waals surface area contributed by atoms with E-state index in [0.717, 1.165) is 0 Å². The van der Waals surface area contributed by atoms with Crippen LogP contribution in [0.15, 0.2) is 58.3 Å². The predicted octanol–water partition coefficient (Wildman–Crippen LogP) is 2.29. The first kappa shape index (κ1) is 17.3. The number of para-hydroxylation sites is 1. The Morgan fingerprint density at radius 2 is 1.57 bits per heavy atom. The van der Waals surface area contributed by atoms with Crippen LogP contribution in [0.4, 0.5) is 5.69 Å². The molecule has 8 heteroatoms. The zero-order valence-electron chi connectivity index (χ0n) is 12.7. The summed E-state index contributed by atoms with van der Waals surface area (Å²) in [6, 6.07) is 11.8. The van der Waals surface area contributed by atoms with E-state index in [2.05, 4.69) is 4.72 Å². The van der Waals surface area contributed by atoms with Crippen LogP contribution < -0.4 is 9.46 Å². The highest BCUT2D eigenvalue weighted by Crippen LogP contribution is 2.25. The van der Waals surface area contributed by atoms with Crippen molar-refractivity contribution in [1.29, 1.82) is 0 Å². The zero-order valence-corrected chi connectivity index (χ0v) is 14.3. The van der Waals surface area contributed by atoms with Crippen LogP contribution in [0.25, 0.3) is 0 Å². The molecule has 0 saturated carbocycles. The maximum Gasteiger partial charge on any atom is 0.265 e. The van der Waals surface area contributed by atoms with Crippen molar-refractivity contribution < 1.29 is 21.6 Å². The van der Waals surface area contributed by atoms with Crippen LogP contribution in [0.5, 0.6) is 5.75 Å². The van der Waals surface area contributed by atoms with E-state index in [0.29, 0.717) is 0 Å². The second kappa shape index (κ2) is 6.59. The van der Waals surface area contributed by atoms with Gasteiger partial charge in [0.2, 0.25) is 0 Å². The summed E-state index contributed by atoms with van der Waals surface area (Å²) in [5.41, 5.74) is 0.269. The Kier molecular flexibility index (Phi) is 4.96. The Bertz CT molecular complexity index is 888. The third-order valence-corrected chi connectivity index (χ3v) is 6.38. The number of rotatable bonds is 6. The molecular weight excluding hydrogens is 338 g/mol. The van der Waals surface area contributed by atoms with Gasteiger partial charge in [-0.3, -0.25) is 4.72 Å². The quantitative estimate of drug-likeness (QED) is 0.859. The first-order valence-electron chi connectivity index (χ1n) is 6.79. The number of nitrogens with one attached hydrogen (secondary N) is 1. The second-order valence-electron chi connectivity index (χ2n) is 4.68. The third-order valence-electron chi connectivity index (χ3n) is 3.20. The van der Waals surface area contributed by atoms with Crippen LogP contribution in [0, 0.1) is 0 Å². The molecule has 0 spiro atoms. The summed E-state index contributed by atoms with van der Waals surface area (Å²) in [6.07, 6.45) is 0. The molecule has 124 valence electrons.